The van der Waals surface area contributed by atoms with Crippen LogP contribution in [0.15, 0.2) is 67.0 Å². The number of carboxylic acid groups (broad SMARTS) is 1. The summed E-state index contributed by atoms with van der Waals surface area (Å²) in [7, 11) is 4.71. The summed E-state index contributed by atoms with van der Waals surface area (Å²) in [5.74, 6) is 0.197. The lowest BCUT2D eigenvalue weighted by Crippen LogP contribution is -2.40. The number of benzene rings is 3. The molecule has 0 saturated carbocycles. The molecule has 3 aromatic carbocycles. The third-order valence-corrected chi connectivity index (χ3v) is 7.61. The van der Waals surface area contributed by atoms with Crippen LogP contribution in [0, 0.1) is 0 Å². The highest BCUT2D eigenvalue weighted by Gasteiger charge is 2.45. The minimum Gasteiger partial charge on any atom is -0.497 e. The van der Waals surface area contributed by atoms with Gasteiger partial charge in [0.2, 0.25) is 0 Å². The number of nitrogens with zero attached hydrogens (tertiary/aromatic N) is 1. The molecule has 2 atom stereocenters. The molecule has 1 aromatic heterocycles. The number of ether oxygens (including phenoxy) is 3. The molecule has 0 aliphatic heterocycles. The molecule has 37 heavy (non-hydrogen) atoms. The van der Waals surface area contributed by atoms with Gasteiger partial charge in [0.1, 0.15) is 5.75 Å². The van der Waals surface area contributed by atoms with Gasteiger partial charge in [-0.1, -0.05) is 47.5 Å². The summed E-state index contributed by atoms with van der Waals surface area (Å²) in [6, 6.07) is 16.8. The van der Waals surface area contributed by atoms with Crippen LogP contribution in [-0.4, -0.2) is 37.4 Å². The molecule has 6 nitrogen and oxygen atoms in total. The van der Waals surface area contributed by atoms with Crippen molar-refractivity contribution in [1.29, 1.82) is 0 Å². The molecule has 0 aliphatic carbocycles. The monoisotopic (exact) mass is 539 g/mol. The van der Waals surface area contributed by atoms with E-state index in [-0.39, 0.29) is 6.42 Å². The normalized spacial score (nSPS) is 13.6. The standard InChI is InChI=1S/C29H27Cl2NO5/c1-29(28(33)34,20-8-5-18-12-21(35-2)9-6-17(18)11-20)23(14-22-24(30)15-32-16-25(22)31)19-7-10-26(36-3)27(13-19)37-4/h5-13,15-16,23H,14H2,1-4H3,(H,33,34)/t23-,29?/m1/s1. The van der Waals surface area contributed by atoms with Crippen molar-refractivity contribution < 1.29 is 24.1 Å². The number of carbonyl (C=O) groups is 1. The fraction of sp³-hybridized carbons (Fsp3) is 0.241. The van der Waals surface area contributed by atoms with Crippen LogP contribution in [0.5, 0.6) is 17.2 Å². The van der Waals surface area contributed by atoms with Gasteiger partial charge in [-0.2, -0.15) is 0 Å². The molecular weight excluding hydrogens is 513 g/mol. The minimum atomic E-state index is -1.37. The number of aromatic nitrogens is 1. The zero-order chi connectivity index (χ0) is 26.7. The number of fused-ring (bicyclic) bond motifs is 1. The summed E-state index contributed by atoms with van der Waals surface area (Å²) in [6.07, 6.45) is 3.27. The predicted molar refractivity (Wildman–Crippen MR) is 146 cm³/mol. The van der Waals surface area contributed by atoms with Crippen LogP contribution in [0.4, 0.5) is 0 Å². The van der Waals surface area contributed by atoms with Gasteiger partial charge < -0.3 is 19.3 Å². The third-order valence-electron chi connectivity index (χ3n) is 6.96. The molecule has 192 valence electrons. The largest absolute Gasteiger partial charge is 0.497 e. The number of aliphatic carboxylic acids is 1. The molecular formula is C29H27Cl2NO5. The van der Waals surface area contributed by atoms with Gasteiger partial charge in [0.25, 0.3) is 0 Å². The molecule has 0 spiro atoms. The van der Waals surface area contributed by atoms with Crippen LogP contribution < -0.4 is 14.2 Å². The Balaban J connectivity index is 1.94. The first-order valence-electron chi connectivity index (χ1n) is 11.5. The fourth-order valence-corrected chi connectivity index (χ4v) is 5.23. The number of rotatable bonds is 9. The van der Waals surface area contributed by atoms with Crippen molar-refractivity contribution in [2.45, 2.75) is 24.7 Å². The van der Waals surface area contributed by atoms with E-state index in [1.165, 1.54) is 12.4 Å². The minimum absolute atomic E-state index is 0.249. The van der Waals surface area contributed by atoms with Gasteiger partial charge >= 0.3 is 5.97 Å². The maximum atomic E-state index is 13.2. The second-order valence-corrected chi connectivity index (χ2v) is 9.70. The lowest BCUT2D eigenvalue weighted by molar-refractivity contribution is -0.144. The lowest BCUT2D eigenvalue weighted by Gasteiger charge is -2.36. The molecule has 0 radical (unpaired) electrons. The molecule has 4 aromatic rings. The van der Waals surface area contributed by atoms with E-state index in [1.54, 1.807) is 40.4 Å². The predicted octanol–water partition coefficient (Wildman–Crippen LogP) is 6.94. The summed E-state index contributed by atoms with van der Waals surface area (Å²) in [5, 5.41) is 13.3. The second-order valence-electron chi connectivity index (χ2n) is 8.89. The Morgan fingerprint density at radius 1 is 0.892 bits per heavy atom. The smallest absolute Gasteiger partial charge is 0.314 e. The van der Waals surface area contributed by atoms with Gasteiger partial charge in [-0.15, -0.1) is 0 Å². The number of halogens is 2. The average Bonchev–Trinajstić information content (AvgIpc) is 2.91. The summed E-state index contributed by atoms with van der Waals surface area (Å²) in [4.78, 5) is 17.2. The Morgan fingerprint density at radius 2 is 1.54 bits per heavy atom. The molecule has 1 heterocycles. The Bertz CT molecular complexity index is 1440. The Kier molecular flexibility index (Phi) is 7.81. The average molecular weight is 540 g/mol. The van der Waals surface area contributed by atoms with Gasteiger partial charge in [-0.05, 0) is 71.1 Å². The van der Waals surface area contributed by atoms with Gasteiger partial charge in [0, 0.05) is 18.3 Å². The van der Waals surface area contributed by atoms with E-state index >= 15 is 0 Å². The van der Waals surface area contributed by atoms with Crippen molar-refractivity contribution >= 4 is 39.9 Å². The first kappa shape index (κ1) is 26.6. The van der Waals surface area contributed by atoms with Gasteiger partial charge in [0.15, 0.2) is 11.5 Å². The first-order valence-corrected chi connectivity index (χ1v) is 12.3. The SMILES string of the molecule is COc1ccc2cc(C(C)(C(=O)O)[C@H](Cc3c(Cl)cncc3Cl)c3ccc(OC)c(OC)c3)ccc2c1. The van der Waals surface area contributed by atoms with Crippen molar-refractivity contribution in [3.05, 3.63) is 93.7 Å². The molecule has 0 aliphatic rings. The van der Waals surface area contributed by atoms with E-state index in [4.69, 9.17) is 37.4 Å². The molecule has 0 amide bonds. The van der Waals surface area contributed by atoms with E-state index in [0.29, 0.717) is 32.7 Å². The van der Waals surface area contributed by atoms with E-state index in [0.717, 1.165) is 22.1 Å². The number of pyridine rings is 1. The molecule has 0 fully saturated rings. The molecule has 4 rings (SSSR count). The highest BCUT2D eigenvalue weighted by Crippen LogP contribution is 2.46. The molecule has 8 heteroatoms. The van der Waals surface area contributed by atoms with Crippen LogP contribution in [0.1, 0.15) is 29.5 Å². The van der Waals surface area contributed by atoms with Crippen molar-refractivity contribution in [2.24, 2.45) is 0 Å². The van der Waals surface area contributed by atoms with Gasteiger partial charge in [-0.25, -0.2) is 0 Å². The number of hydrogen-bond donors (Lipinski definition) is 1. The molecule has 0 saturated heterocycles. The van der Waals surface area contributed by atoms with Crippen LogP contribution in [-0.2, 0) is 16.6 Å². The van der Waals surface area contributed by atoms with E-state index in [2.05, 4.69) is 4.98 Å². The topological polar surface area (TPSA) is 77.9 Å². The van der Waals surface area contributed by atoms with Crippen LogP contribution in [0.3, 0.4) is 0 Å². The van der Waals surface area contributed by atoms with Crippen molar-refractivity contribution in [2.75, 3.05) is 21.3 Å². The van der Waals surface area contributed by atoms with Gasteiger partial charge in [0.05, 0.1) is 36.8 Å². The van der Waals surface area contributed by atoms with E-state index in [1.807, 2.05) is 42.5 Å². The second kappa shape index (κ2) is 10.9. The Hall–Kier alpha value is -3.48. The van der Waals surface area contributed by atoms with Crippen LogP contribution in [0.2, 0.25) is 10.0 Å². The third kappa shape index (κ3) is 5.04. The number of methoxy groups -OCH3 is 3. The van der Waals surface area contributed by atoms with E-state index in [9.17, 15) is 9.90 Å². The molecule has 1 N–H and O–H groups in total. The highest BCUT2D eigenvalue weighted by molar-refractivity contribution is 6.35. The van der Waals surface area contributed by atoms with Crippen LogP contribution >= 0.6 is 23.2 Å². The maximum absolute atomic E-state index is 13.2. The van der Waals surface area contributed by atoms with Crippen LogP contribution in [0.25, 0.3) is 10.8 Å². The zero-order valence-electron chi connectivity index (χ0n) is 20.9. The Morgan fingerprint density at radius 3 is 2.16 bits per heavy atom. The quantitative estimate of drug-likeness (QED) is 0.248. The summed E-state index contributed by atoms with van der Waals surface area (Å²) in [5.41, 5.74) is 0.625. The maximum Gasteiger partial charge on any atom is 0.314 e. The number of hydrogen-bond acceptors (Lipinski definition) is 5. The summed E-state index contributed by atoms with van der Waals surface area (Å²) in [6.45, 7) is 1.73. The van der Waals surface area contributed by atoms with Gasteiger partial charge in [-0.3, -0.25) is 9.78 Å². The fourth-order valence-electron chi connectivity index (χ4n) is 4.71. The first-order chi connectivity index (χ1) is 17.7. The summed E-state index contributed by atoms with van der Waals surface area (Å²) < 4.78 is 16.3. The number of carboxylic acids is 1. The van der Waals surface area contributed by atoms with Crippen molar-refractivity contribution in [3.8, 4) is 17.2 Å². The Labute approximate surface area is 225 Å². The highest BCUT2D eigenvalue weighted by atomic mass is 35.5. The van der Waals surface area contributed by atoms with Crippen molar-refractivity contribution in [3.63, 3.8) is 0 Å². The van der Waals surface area contributed by atoms with E-state index < -0.39 is 17.3 Å². The molecule has 1 unspecified atom stereocenters. The zero-order valence-corrected chi connectivity index (χ0v) is 22.4. The van der Waals surface area contributed by atoms with Crippen molar-refractivity contribution in [1.82, 2.24) is 4.98 Å². The lowest BCUT2D eigenvalue weighted by atomic mass is 9.66. The summed E-state index contributed by atoms with van der Waals surface area (Å²) >= 11 is 13.0. The molecule has 0 bridgehead atoms.